The monoisotopic (exact) mass is 303 g/mol. The van der Waals surface area contributed by atoms with Crippen LogP contribution in [0.25, 0.3) is 0 Å². The predicted molar refractivity (Wildman–Crippen MR) is 42.8 cm³/mol. The van der Waals surface area contributed by atoms with Gasteiger partial charge in [0, 0.05) is 0 Å². The SMILES string of the molecule is CC1=C(C)C[C]([Hf]([CH3])[CH3])=C1. The van der Waals surface area contributed by atoms with Crippen molar-refractivity contribution in [3.63, 3.8) is 0 Å². The van der Waals surface area contributed by atoms with E-state index in [-0.39, 0.29) is 0 Å². The van der Waals surface area contributed by atoms with E-state index in [9.17, 15) is 0 Å². The second kappa shape index (κ2) is 3.17. The van der Waals surface area contributed by atoms with Gasteiger partial charge < -0.3 is 0 Å². The molecule has 1 rings (SSSR count). The van der Waals surface area contributed by atoms with Crippen LogP contribution in [-0.2, 0) is 21.4 Å². The first-order chi connectivity index (χ1) is 4.61. The molecule has 0 unspecified atom stereocenters. The van der Waals surface area contributed by atoms with Gasteiger partial charge in [0.2, 0.25) is 0 Å². The number of allylic oxidation sites excluding steroid dienone is 4. The van der Waals surface area contributed by atoms with Crippen molar-refractivity contribution >= 4 is 0 Å². The summed E-state index contributed by atoms with van der Waals surface area (Å²) < 4.78 is 6.75. The summed E-state index contributed by atoms with van der Waals surface area (Å²) in [4.78, 5) is 0. The van der Waals surface area contributed by atoms with E-state index in [0.29, 0.717) is 0 Å². The molecule has 0 aromatic carbocycles. The molecule has 0 amide bonds. The molecule has 10 heavy (non-hydrogen) atoms. The Kier molecular flexibility index (Phi) is 2.67. The number of hydrogen-bond donors (Lipinski definition) is 0. The van der Waals surface area contributed by atoms with Gasteiger partial charge in [-0.25, -0.2) is 0 Å². The van der Waals surface area contributed by atoms with Crippen molar-refractivity contribution in [2.75, 3.05) is 0 Å². The number of hydrogen-bond acceptors (Lipinski definition) is 0. The molecule has 0 nitrogen and oxygen atoms in total. The molecule has 1 aliphatic carbocycles. The van der Waals surface area contributed by atoms with Crippen LogP contribution in [0.3, 0.4) is 0 Å². The first kappa shape index (κ1) is 8.45. The van der Waals surface area contributed by atoms with Crippen molar-refractivity contribution in [2.24, 2.45) is 0 Å². The molecular formula is C9H15Hf. The third-order valence-corrected chi connectivity index (χ3v) is 7.93. The van der Waals surface area contributed by atoms with Gasteiger partial charge in [0.1, 0.15) is 0 Å². The minimum atomic E-state index is -1.13. The number of rotatable bonds is 1. The summed E-state index contributed by atoms with van der Waals surface area (Å²) in [5.74, 6) is 0. The third kappa shape index (κ3) is 1.69. The van der Waals surface area contributed by atoms with Gasteiger partial charge >= 0.3 is 71.6 Å². The van der Waals surface area contributed by atoms with Crippen LogP contribution >= 0.6 is 0 Å². The molecule has 0 aromatic heterocycles. The minimum absolute atomic E-state index is 1.13. The van der Waals surface area contributed by atoms with Crippen molar-refractivity contribution in [3.05, 3.63) is 20.6 Å². The quantitative estimate of drug-likeness (QED) is 0.652. The Bertz CT molecular complexity index is 197. The van der Waals surface area contributed by atoms with Crippen molar-refractivity contribution in [2.45, 2.75) is 29.6 Å². The molecule has 0 N–H and O–H groups in total. The van der Waals surface area contributed by atoms with E-state index >= 15 is 0 Å². The molecule has 0 spiro atoms. The van der Waals surface area contributed by atoms with E-state index in [4.69, 9.17) is 0 Å². The fraction of sp³-hybridized carbons (Fsp3) is 0.556. The van der Waals surface area contributed by atoms with Gasteiger partial charge in [0.05, 0.1) is 0 Å². The van der Waals surface area contributed by atoms with Crippen LogP contribution in [0.2, 0.25) is 9.36 Å². The second-order valence-corrected chi connectivity index (χ2v) is 12.8. The first-order valence-corrected chi connectivity index (χ1v) is 12.8. The second-order valence-electron chi connectivity index (χ2n) is 3.31. The Morgan fingerprint density at radius 1 is 1.30 bits per heavy atom. The molecule has 1 aliphatic rings. The summed E-state index contributed by atoms with van der Waals surface area (Å²) in [5, 5.41) is 0. The average molecular weight is 302 g/mol. The van der Waals surface area contributed by atoms with Crippen LogP contribution in [0.4, 0.5) is 0 Å². The molecule has 0 saturated carbocycles. The van der Waals surface area contributed by atoms with E-state index in [1.807, 2.05) is 0 Å². The van der Waals surface area contributed by atoms with E-state index in [2.05, 4.69) is 29.3 Å². The molecule has 1 heteroatoms. The predicted octanol–water partition coefficient (Wildman–Crippen LogP) is 3.32. The van der Waals surface area contributed by atoms with Crippen molar-refractivity contribution in [1.29, 1.82) is 0 Å². The summed E-state index contributed by atoms with van der Waals surface area (Å²) >= 11 is -1.13. The zero-order valence-corrected chi connectivity index (χ0v) is 10.9. The topological polar surface area (TPSA) is 0 Å². The maximum atomic E-state index is 2.47. The fourth-order valence-corrected chi connectivity index (χ4v) is 5.22. The zero-order chi connectivity index (χ0) is 7.72. The normalized spacial score (nSPS) is 17.8. The molecule has 0 fully saturated rings. The average Bonchev–Trinajstić information content (AvgIpc) is 2.13. The van der Waals surface area contributed by atoms with Crippen LogP contribution < -0.4 is 0 Å². The first-order valence-electron chi connectivity index (χ1n) is 3.78. The van der Waals surface area contributed by atoms with Gasteiger partial charge in [-0.05, 0) is 0 Å². The van der Waals surface area contributed by atoms with Gasteiger partial charge in [-0.1, -0.05) is 0 Å². The Morgan fingerprint density at radius 3 is 2.10 bits per heavy atom. The Morgan fingerprint density at radius 2 is 1.90 bits per heavy atom. The molecule has 0 radical (unpaired) electrons. The standard InChI is InChI=1S/C7H9.2CH3.Hf/c1-6-4-3-5-7(6)2;;;/h4H,5H2,1-2H3;2*1H3;. The molecular weight excluding hydrogens is 287 g/mol. The molecule has 0 bridgehead atoms. The summed E-state index contributed by atoms with van der Waals surface area (Å²) in [6.07, 6.45) is 3.73. The summed E-state index contributed by atoms with van der Waals surface area (Å²) in [5.41, 5.74) is 3.13. The van der Waals surface area contributed by atoms with E-state index < -0.39 is 21.4 Å². The third-order valence-electron chi connectivity index (χ3n) is 2.16. The van der Waals surface area contributed by atoms with Gasteiger partial charge in [0.15, 0.2) is 0 Å². The summed E-state index contributed by atoms with van der Waals surface area (Å²) in [7, 11) is 0. The van der Waals surface area contributed by atoms with Crippen molar-refractivity contribution in [3.8, 4) is 0 Å². The van der Waals surface area contributed by atoms with Gasteiger partial charge in [-0.15, -0.1) is 0 Å². The van der Waals surface area contributed by atoms with E-state index in [1.165, 1.54) is 12.0 Å². The molecule has 0 atom stereocenters. The van der Waals surface area contributed by atoms with Crippen molar-refractivity contribution in [1.82, 2.24) is 0 Å². The Hall–Kier alpha value is 0.350. The molecule has 0 saturated heterocycles. The van der Waals surface area contributed by atoms with Gasteiger partial charge in [-0.2, -0.15) is 0 Å². The van der Waals surface area contributed by atoms with Crippen LogP contribution in [0.15, 0.2) is 20.6 Å². The van der Waals surface area contributed by atoms with Crippen LogP contribution in [0.1, 0.15) is 20.3 Å². The fourth-order valence-electron chi connectivity index (χ4n) is 1.18. The van der Waals surface area contributed by atoms with Gasteiger partial charge in [0.25, 0.3) is 0 Å². The molecule has 55 valence electrons. The van der Waals surface area contributed by atoms with E-state index in [0.717, 1.165) is 0 Å². The zero-order valence-electron chi connectivity index (χ0n) is 7.28. The molecule has 0 heterocycles. The Labute approximate surface area is 71.5 Å². The van der Waals surface area contributed by atoms with Gasteiger partial charge in [-0.3, -0.25) is 0 Å². The van der Waals surface area contributed by atoms with Crippen molar-refractivity contribution < 1.29 is 21.4 Å². The maximum absolute atomic E-state index is 2.47. The summed E-state index contributed by atoms with van der Waals surface area (Å²) in [6.45, 7) is 4.49. The van der Waals surface area contributed by atoms with Crippen LogP contribution in [0, 0.1) is 0 Å². The molecule has 0 aromatic rings. The van der Waals surface area contributed by atoms with E-state index in [1.54, 1.807) is 8.90 Å². The molecule has 0 aliphatic heterocycles. The Balaban J connectivity index is 2.70. The van der Waals surface area contributed by atoms with Crippen LogP contribution in [-0.4, -0.2) is 0 Å². The van der Waals surface area contributed by atoms with Crippen LogP contribution in [0.5, 0.6) is 0 Å². The summed E-state index contributed by atoms with van der Waals surface area (Å²) in [6, 6.07) is 0.